The quantitative estimate of drug-likeness (QED) is 0.670. The molecule has 1 nitrogen and oxygen atoms in total. The highest BCUT2D eigenvalue weighted by atomic mass is 19.1. The molecule has 2 heteroatoms. The third-order valence-corrected chi connectivity index (χ3v) is 2.18. The molecule has 0 aromatic heterocycles. The van der Waals surface area contributed by atoms with E-state index in [0.29, 0.717) is 0 Å². The number of anilines is 1. The summed E-state index contributed by atoms with van der Waals surface area (Å²) in [5, 5.41) is 0. The Morgan fingerprint density at radius 3 is 2.53 bits per heavy atom. The topological polar surface area (TPSA) is 3.24 Å². The van der Waals surface area contributed by atoms with Crippen LogP contribution in [0, 0.1) is 5.82 Å². The number of rotatable bonds is 1. The highest BCUT2D eigenvalue weighted by Gasteiger charge is 2.01. The molecule has 76 valence electrons. The molecule has 0 atom stereocenters. The number of hydrogen-bond acceptors (Lipinski definition) is 1. The van der Waals surface area contributed by atoms with Gasteiger partial charge in [-0.25, -0.2) is 4.39 Å². The van der Waals surface area contributed by atoms with Crippen molar-refractivity contribution in [2.75, 3.05) is 4.90 Å². The molecule has 15 heavy (non-hydrogen) atoms. The van der Waals surface area contributed by atoms with Crippen LogP contribution in [-0.2, 0) is 0 Å². The molecule has 1 aliphatic heterocycles. The van der Waals surface area contributed by atoms with E-state index >= 15 is 0 Å². The first kappa shape index (κ1) is 9.71. The maximum Gasteiger partial charge on any atom is 0.123 e. The van der Waals surface area contributed by atoms with Gasteiger partial charge in [-0.15, -0.1) is 0 Å². The van der Waals surface area contributed by atoms with Gasteiger partial charge in [0.05, 0.1) is 0 Å². The van der Waals surface area contributed by atoms with E-state index in [2.05, 4.69) is 0 Å². The zero-order valence-electron chi connectivity index (χ0n) is 8.52. The summed E-state index contributed by atoms with van der Waals surface area (Å²) in [6, 6.07) is 6.44. The van der Waals surface area contributed by atoms with Gasteiger partial charge in [0.2, 0.25) is 0 Å². The van der Waals surface area contributed by atoms with Crippen molar-refractivity contribution in [2.24, 2.45) is 0 Å². The molecule has 0 unspecified atom stereocenters. The Bertz CT molecular complexity index is 426. The van der Waals surface area contributed by atoms with Crippen molar-refractivity contribution in [3.8, 4) is 0 Å². The molecule has 1 heterocycles. The summed E-state index contributed by atoms with van der Waals surface area (Å²) in [6.45, 7) is 2.03. The Kier molecular flexibility index (Phi) is 2.68. The molecule has 0 fully saturated rings. The second-order valence-corrected chi connectivity index (χ2v) is 3.46. The molecule has 0 radical (unpaired) electrons. The Hall–Kier alpha value is -1.83. The first-order valence-electron chi connectivity index (χ1n) is 4.83. The molecule has 1 aromatic carbocycles. The molecule has 2 rings (SSSR count). The van der Waals surface area contributed by atoms with Crippen LogP contribution in [0.15, 0.2) is 60.5 Å². The highest BCUT2D eigenvalue weighted by Crippen LogP contribution is 2.18. The second-order valence-electron chi connectivity index (χ2n) is 3.46. The van der Waals surface area contributed by atoms with Gasteiger partial charge in [-0.1, -0.05) is 12.2 Å². The van der Waals surface area contributed by atoms with Crippen LogP contribution < -0.4 is 4.90 Å². The SMILES string of the molecule is CC1=CN(c2ccc(F)cc2)C=CC=C1. The van der Waals surface area contributed by atoms with E-state index in [1.54, 1.807) is 12.1 Å². The van der Waals surface area contributed by atoms with Crippen LogP contribution in [0.3, 0.4) is 0 Å². The fraction of sp³-hybridized carbons (Fsp3) is 0.0769. The lowest BCUT2D eigenvalue weighted by atomic mass is 10.2. The van der Waals surface area contributed by atoms with Crippen LogP contribution in [0.4, 0.5) is 10.1 Å². The van der Waals surface area contributed by atoms with Crippen LogP contribution in [0.2, 0.25) is 0 Å². The Labute approximate surface area is 88.8 Å². The minimum absolute atomic E-state index is 0.212. The Morgan fingerprint density at radius 2 is 1.80 bits per heavy atom. The molecule has 0 spiro atoms. The molecular weight excluding hydrogens is 189 g/mol. The van der Waals surface area contributed by atoms with Crippen molar-refractivity contribution in [1.82, 2.24) is 0 Å². The molecule has 1 aliphatic rings. The lowest BCUT2D eigenvalue weighted by Crippen LogP contribution is -2.06. The predicted molar refractivity (Wildman–Crippen MR) is 60.9 cm³/mol. The van der Waals surface area contributed by atoms with Crippen LogP contribution in [-0.4, -0.2) is 0 Å². The van der Waals surface area contributed by atoms with E-state index in [0.717, 1.165) is 11.3 Å². The maximum atomic E-state index is 12.7. The number of allylic oxidation sites excluding steroid dienone is 4. The van der Waals surface area contributed by atoms with E-state index in [9.17, 15) is 4.39 Å². The first-order chi connectivity index (χ1) is 7.25. The third-order valence-electron chi connectivity index (χ3n) is 2.18. The van der Waals surface area contributed by atoms with Gasteiger partial charge in [0.1, 0.15) is 5.82 Å². The summed E-state index contributed by atoms with van der Waals surface area (Å²) in [5.74, 6) is -0.212. The lowest BCUT2D eigenvalue weighted by Gasteiger charge is -2.15. The van der Waals surface area contributed by atoms with Crippen LogP contribution >= 0.6 is 0 Å². The van der Waals surface area contributed by atoms with Crippen LogP contribution in [0.25, 0.3) is 0 Å². The highest BCUT2D eigenvalue weighted by molar-refractivity contribution is 5.54. The van der Waals surface area contributed by atoms with E-state index < -0.39 is 0 Å². The maximum absolute atomic E-state index is 12.7. The number of halogens is 1. The Morgan fingerprint density at radius 1 is 1.07 bits per heavy atom. The normalized spacial score (nSPS) is 15.1. The predicted octanol–water partition coefficient (Wildman–Crippen LogP) is 3.62. The molecule has 0 amide bonds. The zero-order chi connectivity index (χ0) is 10.7. The van der Waals surface area contributed by atoms with E-state index in [1.165, 1.54) is 12.1 Å². The average molecular weight is 201 g/mol. The molecule has 0 bridgehead atoms. The minimum atomic E-state index is -0.212. The molecule has 0 N–H and O–H groups in total. The van der Waals surface area contributed by atoms with Crippen molar-refractivity contribution >= 4 is 5.69 Å². The lowest BCUT2D eigenvalue weighted by molar-refractivity contribution is 0.628. The number of nitrogens with zero attached hydrogens (tertiary/aromatic N) is 1. The van der Waals surface area contributed by atoms with Gasteiger partial charge in [0.25, 0.3) is 0 Å². The van der Waals surface area contributed by atoms with Gasteiger partial charge < -0.3 is 4.90 Å². The van der Waals surface area contributed by atoms with Gasteiger partial charge in [-0.3, -0.25) is 0 Å². The van der Waals surface area contributed by atoms with Gasteiger partial charge in [-0.05, 0) is 42.8 Å². The first-order valence-corrected chi connectivity index (χ1v) is 4.83. The van der Waals surface area contributed by atoms with E-state index in [1.807, 2.05) is 42.5 Å². The largest absolute Gasteiger partial charge is 0.324 e. The summed E-state index contributed by atoms with van der Waals surface area (Å²) in [4.78, 5) is 1.97. The summed E-state index contributed by atoms with van der Waals surface area (Å²) in [7, 11) is 0. The fourth-order valence-electron chi connectivity index (χ4n) is 1.43. The van der Waals surface area contributed by atoms with E-state index in [4.69, 9.17) is 0 Å². The summed E-state index contributed by atoms with van der Waals surface area (Å²) in [5.41, 5.74) is 2.11. The fourth-order valence-corrected chi connectivity index (χ4v) is 1.43. The van der Waals surface area contributed by atoms with Gasteiger partial charge >= 0.3 is 0 Å². The molecule has 0 saturated carbocycles. The van der Waals surface area contributed by atoms with E-state index in [-0.39, 0.29) is 5.82 Å². The molecule has 0 saturated heterocycles. The summed E-state index contributed by atoms with van der Waals surface area (Å²) < 4.78 is 12.7. The average Bonchev–Trinajstić information content (AvgIpc) is 2.44. The standard InChI is InChI=1S/C13H12FN/c1-11-4-2-3-9-15(10-11)13-7-5-12(14)6-8-13/h2-10H,1H3. The number of benzene rings is 1. The minimum Gasteiger partial charge on any atom is -0.324 e. The molecule has 1 aromatic rings. The van der Waals surface area contributed by atoms with Crippen LogP contribution in [0.1, 0.15) is 6.92 Å². The molecular formula is C13H12FN. The van der Waals surface area contributed by atoms with Crippen molar-refractivity contribution in [3.63, 3.8) is 0 Å². The van der Waals surface area contributed by atoms with Gasteiger partial charge in [-0.2, -0.15) is 0 Å². The summed E-state index contributed by atoms with van der Waals surface area (Å²) >= 11 is 0. The smallest absolute Gasteiger partial charge is 0.123 e. The Balaban J connectivity index is 2.31. The van der Waals surface area contributed by atoms with Crippen LogP contribution in [0.5, 0.6) is 0 Å². The van der Waals surface area contributed by atoms with Crippen molar-refractivity contribution in [2.45, 2.75) is 6.92 Å². The summed E-state index contributed by atoms with van der Waals surface area (Å²) in [6.07, 6.45) is 9.92. The second kappa shape index (κ2) is 4.13. The monoisotopic (exact) mass is 201 g/mol. The van der Waals surface area contributed by atoms with Gasteiger partial charge in [0.15, 0.2) is 0 Å². The third kappa shape index (κ3) is 2.34. The van der Waals surface area contributed by atoms with Crippen molar-refractivity contribution < 1.29 is 4.39 Å². The number of hydrogen-bond donors (Lipinski definition) is 0. The zero-order valence-corrected chi connectivity index (χ0v) is 8.52. The van der Waals surface area contributed by atoms with Gasteiger partial charge in [0, 0.05) is 18.1 Å². The molecule has 0 aliphatic carbocycles. The van der Waals surface area contributed by atoms with Crippen molar-refractivity contribution in [1.29, 1.82) is 0 Å². The van der Waals surface area contributed by atoms with Crippen molar-refractivity contribution in [3.05, 3.63) is 66.3 Å².